The molecule has 1 saturated heterocycles. The lowest BCUT2D eigenvalue weighted by Gasteiger charge is -2.34. The van der Waals surface area contributed by atoms with Crippen LogP contribution in [0, 0.1) is 6.92 Å². The van der Waals surface area contributed by atoms with E-state index in [9.17, 15) is 13.2 Å². The van der Waals surface area contributed by atoms with Crippen molar-refractivity contribution in [2.24, 2.45) is 0 Å². The van der Waals surface area contributed by atoms with Crippen LogP contribution in [0.25, 0.3) is 0 Å². The number of carbonyl (C=O) groups is 1. The Bertz CT molecular complexity index is 906. The number of nitrogens with one attached hydrogen (secondary N) is 1. The molecule has 1 fully saturated rings. The fraction of sp³-hybridized carbons (Fsp3) is 0.409. The lowest BCUT2D eigenvalue weighted by Crippen LogP contribution is -2.54. The number of urea groups is 1. The van der Waals surface area contributed by atoms with Crippen LogP contribution < -0.4 is 5.32 Å². The number of aryl methyl sites for hydroxylation is 2. The van der Waals surface area contributed by atoms with Gasteiger partial charge in [0.05, 0.1) is 4.90 Å². The Morgan fingerprint density at radius 3 is 2.24 bits per heavy atom. The number of amides is 2. The predicted octanol–water partition coefficient (Wildman–Crippen LogP) is 3.03. The highest BCUT2D eigenvalue weighted by molar-refractivity contribution is 7.89. The van der Waals surface area contributed by atoms with Crippen LogP contribution in [0.5, 0.6) is 0 Å². The van der Waals surface area contributed by atoms with Crippen molar-refractivity contribution in [2.45, 2.75) is 37.6 Å². The van der Waals surface area contributed by atoms with Crippen molar-refractivity contribution < 1.29 is 13.2 Å². The molecule has 2 amide bonds. The molecule has 6 nitrogen and oxygen atoms in total. The fourth-order valence-corrected chi connectivity index (χ4v) is 4.82. The van der Waals surface area contributed by atoms with Crippen LogP contribution in [-0.4, -0.2) is 55.9 Å². The van der Waals surface area contributed by atoms with Crippen molar-refractivity contribution in [3.8, 4) is 0 Å². The highest BCUT2D eigenvalue weighted by atomic mass is 32.2. The molecule has 0 aliphatic carbocycles. The van der Waals surface area contributed by atoms with E-state index in [2.05, 4.69) is 17.4 Å². The minimum atomic E-state index is -3.52. The van der Waals surface area contributed by atoms with Gasteiger partial charge in [0.2, 0.25) is 10.0 Å². The maximum Gasteiger partial charge on any atom is 0.317 e. The van der Waals surface area contributed by atoms with Gasteiger partial charge >= 0.3 is 6.03 Å². The van der Waals surface area contributed by atoms with Gasteiger partial charge in [0.25, 0.3) is 0 Å². The molecule has 0 saturated carbocycles. The maximum absolute atomic E-state index is 12.8. The van der Waals surface area contributed by atoms with Crippen molar-refractivity contribution in [3.05, 3.63) is 65.7 Å². The van der Waals surface area contributed by atoms with E-state index in [1.165, 1.54) is 9.87 Å². The van der Waals surface area contributed by atoms with Gasteiger partial charge in [-0.1, -0.05) is 48.0 Å². The quantitative estimate of drug-likeness (QED) is 0.788. The molecule has 3 rings (SSSR count). The zero-order chi connectivity index (χ0) is 20.9. The average molecular weight is 416 g/mol. The monoisotopic (exact) mass is 415 g/mol. The third-order valence-corrected chi connectivity index (χ3v) is 7.18. The molecule has 1 heterocycles. The fourth-order valence-electron chi connectivity index (χ4n) is 3.39. The van der Waals surface area contributed by atoms with Crippen LogP contribution in [0.3, 0.4) is 0 Å². The predicted molar refractivity (Wildman–Crippen MR) is 114 cm³/mol. The lowest BCUT2D eigenvalue weighted by atomic mass is 10.1. The third-order valence-electron chi connectivity index (χ3n) is 5.26. The first kappa shape index (κ1) is 21.3. The molecular formula is C22H29N3O3S. The number of hydrogen-bond acceptors (Lipinski definition) is 3. The molecule has 156 valence electrons. The number of hydrogen-bond donors (Lipinski definition) is 1. The van der Waals surface area contributed by atoms with Crippen LogP contribution in [-0.2, 0) is 16.4 Å². The minimum Gasteiger partial charge on any atom is -0.336 e. The molecule has 0 aromatic heterocycles. The van der Waals surface area contributed by atoms with Crippen molar-refractivity contribution in [2.75, 3.05) is 26.2 Å². The topological polar surface area (TPSA) is 69.7 Å². The van der Waals surface area contributed by atoms with Crippen molar-refractivity contribution in [1.29, 1.82) is 0 Å². The Morgan fingerprint density at radius 2 is 1.62 bits per heavy atom. The van der Waals surface area contributed by atoms with E-state index >= 15 is 0 Å². The molecule has 1 aliphatic heterocycles. The first-order valence-corrected chi connectivity index (χ1v) is 11.5. The van der Waals surface area contributed by atoms with Gasteiger partial charge in [0, 0.05) is 32.2 Å². The Labute approximate surface area is 173 Å². The number of benzene rings is 2. The summed E-state index contributed by atoms with van der Waals surface area (Å²) < 4.78 is 27.0. The van der Waals surface area contributed by atoms with E-state index in [1.54, 1.807) is 29.2 Å². The zero-order valence-corrected chi connectivity index (χ0v) is 17.9. The largest absolute Gasteiger partial charge is 0.336 e. The second-order valence-corrected chi connectivity index (χ2v) is 9.52. The highest BCUT2D eigenvalue weighted by Crippen LogP contribution is 2.18. The van der Waals surface area contributed by atoms with Crippen LogP contribution in [0.1, 0.15) is 24.5 Å². The highest BCUT2D eigenvalue weighted by Gasteiger charge is 2.30. The Hall–Kier alpha value is -2.38. The summed E-state index contributed by atoms with van der Waals surface area (Å²) in [6, 6.07) is 17.0. The van der Waals surface area contributed by atoms with Gasteiger partial charge < -0.3 is 10.2 Å². The summed E-state index contributed by atoms with van der Waals surface area (Å²) in [7, 11) is -3.52. The lowest BCUT2D eigenvalue weighted by molar-refractivity contribution is 0.169. The minimum absolute atomic E-state index is 0.0528. The van der Waals surface area contributed by atoms with Crippen LogP contribution in [0.4, 0.5) is 4.79 Å². The molecule has 0 spiro atoms. The van der Waals surface area contributed by atoms with Crippen molar-refractivity contribution >= 4 is 16.1 Å². The van der Waals surface area contributed by atoms with E-state index in [0.717, 1.165) is 18.4 Å². The van der Waals surface area contributed by atoms with Crippen LogP contribution in [0.2, 0.25) is 0 Å². The summed E-state index contributed by atoms with van der Waals surface area (Å²) in [6.45, 7) is 5.32. The van der Waals surface area contributed by atoms with Gasteiger partial charge in [-0.2, -0.15) is 4.31 Å². The SMILES string of the molecule is Cc1ccc(S(=O)(=O)N2CCN(C(=O)N[C@H](C)CCc3ccccc3)CC2)cc1. The average Bonchev–Trinajstić information content (AvgIpc) is 2.73. The van der Waals surface area contributed by atoms with E-state index in [4.69, 9.17) is 0 Å². The number of carbonyl (C=O) groups excluding carboxylic acids is 1. The second kappa shape index (κ2) is 9.41. The first-order chi connectivity index (χ1) is 13.9. The molecule has 2 aromatic rings. The molecule has 1 atom stereocenters. The molecule has 0 bridgehead atoms. The second-order valence-electron chi connectivity index (χ2n) is 7.58. The number of nitrogens with zero attached hydrogens (tertiary/aromatic N) is 2. The summed E-state index contributed by atoms with van der Waals surface area (Å²) in [4.78, 5) is 14.5. The van der Waals surface area contributed by atoms with E-state index in [0.29, 0.717) is 31.1 Å². The smallest absolute Gasteiger partial charge is 0.317 e. The normalized spacial score (nSPS) is 16.4. The van der Waals surface area contributed by atoms with Gasteiger partial charge in [-0.25, -0.2) is 13.2 Å². The van der Waals surface area contributed by atoms with Gasteiger partial charge in [0.1, 0.15) is 0 Å². The molecule has 29 heavy (non-hydrogen) atoms. The van der Waals surface area contributed by atoms with Gasteiger partial charge in [0.15, 0.2) is 0 Å². The number of rotatable bonds is 6. The van der Waals surface area contributed by atoms with E-state index < -0.39 is 10.0 Å². The molecule has 1 aliphatic rings. The zero-order valence-electron chi connectivity index (χ0n) is 17.0. The molecule has 0 unspecified atom stereocenters. The van der Waals surface area contributed by atoms with Crippen LogP contribution in [0.15, 0.2) is 59.5 Å². The summed E-state index contributed by atoms with van der Waals surface area (Å²) in [5.41, 5.74) is 2.27. The molecule has 7 heteroatoms. The Kier molecular flexibility index (Phi) is 6.92. The number of piperazine rings is 1. The Morgan fingerprint density at radius 1 is 1.00 bits per heavy atom. The molecule has 0 radical (unpaired) electrons. The van der Waals surface area contributed by atoms with E-state index in [1.807, 2.05) is 32.0 Å². The summed E-state index contributed by atoms with van der Waals surface area (Å²) in [5.74, 6) is 0. The molecule has 1 N–H and O–H groups in total. The first-order valence-electron chi connectivity index (χ1n) is 10.0. The van der Waals surface area contributed by atoms with Crippen LogP contribution >= 0.6 is 0 Å². The summed E-state index contributed by atoms with van der Waals surface area (Å²) in [6.07, 6.45) is 1.77. The molecular weight excluding hydrogens is 386 g/mol. The van der Waals surface area contributed by atoms with Crippen molar-refractivity contribution in [3.63, 3.8) is 0 Å². The van der Waals surface area contributed by atoms with Gasteiger partial charge in [-0.15, -0.1) is 0 Å². The summed E-state index contributed by atoms with van der Waals surface area (Å²) >= 11 is 0. The third kappa shape index (κ3) is 5.58. The van der Waals surface area contributed by atoms with E-state index in [-0.39, 0.29) is 12.1 Å². The van der Waals surface area contributed by atoms with Crippen molar-refractivity contribution in [1.82, 2.24) is 14.5 Å². The summed E-state index contributed by atoms with van der Waals surface area (Å²) in [5, 5.41) is 3.03. The maximum atomic E-state index is 12.8. The van der Waals surface area contributed by atoms with Gasteiger partial charge in [-0.3, -0.25) is 0 Å². The standard InChI is InChI=1S/C22H29N3O3S/c1-18-8-12-21(13-9-18)29(27,28)25-16-14-24(15-17-25)22(26)23-19(2)10-11-20-6-4-3-5-7-20/h3-9,12-13,19H,10-11,14-17H2,1-2H3,(H,23,26)/t19-/m1/s1. The number of sulfonamides is 1. The molecule has 2 aromatic carbocycles. The van der Waals surface area contributed by atoms with Gasteiger partial charge in [-0.05, 0) is 44.4 Å². The Balaban J connectivity index is 1.48.